The highest BCUT2D eigenvalue weighted by Gasteiger charge is 2.03. The van der Waals surface area contributed by atoms with E-state index in [-0.39, 0.29) is 0 Å². The molecule has 1 heterocycles. The van der Waals surface area contributed by atoms with Gasteiger partial charge in [0.2, 0.25) is 0 Å². The fraction of sp³-hybridized carbons (Fsp3) is 0.375. The Morgan fingerprint density at radius 2 is 1.67 bits per heavy atom. The van der Waals surface area contributed by atoms with Gasteiger partial charge in [0.1, 0.15) is 17.5 Å². The lowest BCUT2D eigenvalue weighted by Gasteiger charge is -2.10. The van der Waals surface area contributed by atoms with Crippen molar-refractivity contribution in [3.05, 3.63) is 46.7 Å². The maximum atomic E-state index is 5.89. The molecule has 0 unspecified atom stereocenters. The van der Waals surface area contributed by atoms with E-state index in [1.165, 1.54) is 5.56 Å². The second-order valence-corrected chi connectivity index (χ2v) is 5.25. The fourth-order valence-corrected chi connectivity index (χ4v) is 2.01. The molecule has 1 aromatic heterocycles. The number of anilines is 2. The summed E-state index contributed by atoms with van der Waals surface area (Å²) in [7, 11) is 0. The topological polar surface area (TPSA) is 49.8 Å². The average molecular weight is 305 g/mol. The summed E-state index contributed by atoms with van der Waals surface area (Å²) in [5, 5.41) is 7.39. The van der Waals surface area contributed by atoms with Gasteiger partial charge in [0, 0.05) is 30.6 Å². The number of aromatic nitrogens is 2. The molecule has 112 valence electrons. The molecule has 0 spiro atoms. The molecular weight excluding hydrogens is 284 g/mol. The molecule has 0 atom stereocenters. The maximum absolute atomic E-state index is 5.89. The van der Waals surface area contributed by atoms with Gasteiger partial charge < -0.3 is 10.6 Å². The summed E-state index contributed by atoms with van der Waals surface area (Å²) in [5.41, 5.74) is 1.17. The number of nitrogens with one attached hydrogen (secondary N) is 2. The van der Waals surface area contributed by atoms with E-state index in [2.05, 4.69) is 34.4 Å². The molecule has 0 saturated carbocycles. The van der Waals surface area contributed by atoms with Crippen LogP contribution in [0.1, 0.15) is 31.7 Å². The van der Waals surface area contributed by atoms with Crippen molar-refractivity contribution in [3.63, 3.8) is 0 Å². The summed E-state index contributed by atoms with van der Waals surface area (Å²) in [6.07, 6.45) is 1.89. The predicted molar refractivity (Wildman–Crippen MR) is 89.0 cm³/mol. The van der Waals surface area contributed by atoms with Crippen molar-refractivity contribution in [3.8, 4) is 0 Å². The molecule has 0 saturated heterocycles. The van der Waals surface area contributed by atoms with Crippen LogP contribution in [0.15, 0.2) is 30.3 Å². The van der Waals surface area contributed by atoms with Crippen LogP contribution < -0.4 is 10.6 Å². The summed E-state index contributed by atoms with van der Waals surface area (Å²) < 4.78 is 0. The first-order valence-corrected chi connectivity index (χ1v) is 7.69. The van der Waals surface area contributed by atoms with Gasteiger partial charge in [-0.15, -0.1) is 0 Å². The Labute approximate surface area is 131 Å². The Hall–Kier alpha value is -1.81. The predicted octanol–water partition coefficient (Wildman–Crippen LogP) is 4.13. The highest BCUT2D eigenvalue weighted by atomic mass is 35.5. The van der Waals surface area contributed by atoms with Crippen molar-refractivity contribution in [1.82, 2.24) is 9.97 Å². The molecule has 21 heavy (non-hydrogen) atoms. The molecule has 2 N–H and O–H groups in total. The summed E-state index contributed by atoms with van der Waals surface area (Å²) in [6, 6.07) is 9.75. The van der Waals surface area contributed by atoms with Gasteiger partial charge >= 0.3 is 0 Å². The normalized spacial score (nSPS) is 10.4. The second kappa shape index (κ2) is 7.84. The minimum absolute atomic E-state index is 0.713. The number of hydrogen-bond acceptors (Lipinski definition) is 4. The van der Waals surface area contributed by atoms with Crippen molar-refractivity contribution in [2.24, 2.45) is 0 Å². The van der Waals surface area contributed by atoms with Crippen LogP contribution in [0.5, 0.6) is 0 Å². The van der Waals surface area contributed by atoms with E-state index in [4.69, 9.17) is 11.6 Å². The highest BCUT2D eigenvalue weighted by Crippen LogP contribution is 2.14. The smallest absolute Gasteiger partial charge is 0.132 e. The van der Waals surface area contributed by atoms with Crippen molar-refractivity contribution in [1.29, 1.82) is 0 Å². The quantitative estimate of drug-likeness (QED) is 0.807. The number of hydrogen-bond donors (Lipinski definition) is 2. The van der Waals surface area contributed by atoms with Gasteiger partial charge in [-0.25, -0.2) is 9.97 Å². The van der Waals surface area contributed by atoms with Crippen molar-refractivity contribution < 1.29 is 0 Å². The first kappa shape index (κ1) is 15.6. The van der Waals surface area contributed by atoms with E-state index < -0.39 is 0 Å². The molecule has 2 aromatic rings. The number of rotatable bonds is 7. The van der Waals surface area contributed by atoms with Gasteiger partial charge in [-0.3, -0.25) is 0 Å². The van der Waals surface area contributed by atoms with Gasteiger partial charge in [0.15, 0.2) is 0 Å². The molecule has 4 nitrogen and oxygen atoms in total. The maximum Gasteiger partial charge on any atom is 0.132 e. The Morgan fingerprint density at radius 3 is 2.29 bits per heavy atom. The lowest BCUT2D eigenvalue weighted by Crippen LogP contribution is -2.08. The number of aryl methyl sites for hydroxylation is 1. The van der Waals surface area contributed by atoms with E-state index >= 15 is 0 Å². The van der Waals surface area contributed by atoms with Crippen LogP contribution >= 0.6 is 11.6 Å². The standard InChI is InChI=1S/C16H21ClN4/c1-3-9-18-15-10-16(21-14(4-2)20-15)19-11-12-5-7-13(17)8-6-12/h5-8,10H,3-4,9,11H2,1-2H3,(H2,18,19,20,21). The number of nitrogens with zero attached hydrogens (tertiary/aromatic N) is 2. The minimum Gasteiger partial charge on any atom is -0.370 e. The van der Waals surface area contributed by atoms with Gasteiger partial charge in [0.05, 0.1) is 0 Å². The van der Waals surface area contributed by atoms with Crippen LogP contribution in [0.3, 0.4) is 0 Å². The molecule has 2 rings (SSSR count). The van der Waals surface area contributed by atoms with Crippen LogP contribution in [-0.4, -0.2) is 16.5 Å². The Kier molecular flexibility index (Phi) is 5.81. The van der Waals surface area contributed by atoms with E-state index in [1.807, 2.05) is 30.3 Å². The van der Waals surface area contributed by atoms with Crippen LogP contribution in [0.2, 0.25) is 5.02 Å². The zero-order valence-electron chi connectivity index (χ0n) is 12.5. The number of benzene rings is 1. The fourth-order valence-electron chi connectivity index (χ4n) is 1.88. The monoisotopic (exact) mass is 304 g/mol. The summed E-state index contributed by atoms with van der Waals surface area (Å²) in [4.78, 5) is 8.98. The molecule has 0 bridgehead atoms. The lowest BCUT2D eigenvalue weighted by atomic mass is 10.2. The Balaban J connectivity index is 2.05. The van der Waals surface area contributed by atoms with Crippen LogP contribution in [0.4, 0.5) is 11.6 Å². The van der Waals surface area contributed by atoms with Crippen molar-refractivity contribution in [2.75, 3.05) is 17.2 Å². The third-order valence-corrected chi connectivity index (χ3v) is 3.28. The van der Waals surface area contributed by atoms with Crippen LogP contribution in [-0.2, 0) is 13.0 Å². The summed E-state index contributed by atoms with van der Waals surface area (Å²) in [5.74, 6) is 2.56. The van der Waals surface area contributed by atoms with E-state index in [1.54, 1.807) is 0 Å². The minimum atomic E-state index is 0.713. The largest absolute Gasteiger partial charge is 0.370 e. The van der Waals surface area contributed by atoms with Crippen molar-refractivity contribution in [2.45, 2.75) is 33.2 Å². The second-order valence-electron chi connectivity index (χ2n) is 4.82. The first-order chi connectivity index (χ1) is 10.2. The zero-order valence-corrected chi connectivity index (χ0v) is 13.2. The van der Waals surface area contributed by atoms with E-state index in [9.17, 15) is 0 Å². The molecule has 0 radical (unpaired) electrons. The third-order valence-electron chi connectivity index (χ3n) is 3.03. The summed E-state index contributed by atoms with van der Waals surface area (Å²) in [6.45, 7) is 5.82. The Morgan fingerprint density at radius 1 is 1.00 bits per heavy atom. The number of halogens is 1. The third kappa shape index (κ3) is 4.90. The molecule has 5 heteroatoms. The molecule has 0 fully saturated rings. The van der Waals surface area contributed by atoms with Crippen molar-refractivity contribution >= 4 is 23.2 Å². The van der Waals surface area contributed by atoms with Crippen LogP contribution in [0, 0.1) is 0 Å². The SMILES string of the molecule is CCCNc1cc(NCc2ccc(Cl)cc2)nc(CC)n1. The molecule has 1 aromatic carbocycles. The van der Waals surface area contributed by atoms with Crippen LogP contribution in [0.25, 0.3) is 0 Å². The average Bonchev–Trinajstić information content (AvgIpc) is 2.52. The molecule has 0 aliphatic heterocycles. The van der Waals surface area contributed by atoms with E-state index in [0.29, 0.717) is 6.54 Å². The van der Waals surface area contributed by atoms with Gasteiger partial charge in [-0.1, -0.05) is 37.6 Å². The first-order valence-electron chi connectivity index (χ1n) is 7.31. The van der Waals surface area contributed by atoms with Gasteiger partial charge in [-0.2, -0.15) is 0 Å². The van der Waals surface area contributed by atoms with Gasteiger partial charge in [-0.05, 0) is 24.1 Å². The summed E-state index contributed by atoms with van der Waals surface area (Å²) >= 11 is 5.89. The van der Waals surface area contributed by atoms with E-state index in [0.717, 1.165) is 41.9 Å². The molecular formula is C16H21ClN4. The Bertz CT molecular complexity index is 569. The molecule has 0 amide bonds. The zero-order chi connectivity index (χ0) is 15.1. The highest BCUT2D eigenvalue weighted by molar-refractivity contribution is 6.30. The van der Waals surface area contributed by atoms with Gasteiger partial charge in [0.25, 0.3) is 0 Å². The lowest BCUT2D eigenvalue weighted by molar-refractivity contribution is 0.913. The molecule has 0 aliphatic carbocycles. The molecule has 0 aliphatic rings.